The van der Waals surface area contributed by atoms with E-state index in [1.54, 1.807) is 48.5 Å². The second kappa shape index (κ2) is 11.7. The lowest BCUT2D eigenvalue weighted by molar-refractivity contribution is -0.166. The first-order valence-corrected chi connectivity index (χ1v) is 12.3. The van der Waals surface area contributed by atoms with Crippen LogP contribution in [0.4, 0.5) is 14.6 Å². The molecule has 4 rings (SSSR count). The SMILES string of the molecule is COc1ccc(OP(OCC2(C(F)F)CCC(n3ccc(N)nc3=O)O2)Oc2ccc(OC)cc2)cc1. The molecule has 2 N–H and O–H groups in total. The van der Waals surface area contributed by atoms with Crippen molar-refractivity contribution in [1.82, 2.24) is 9.55 Å². The van der Waals surface area contributed by atoms with E-state index in [1.807, 2.05) is 0 Å². The van der Waals surface area contributed by atoms with Gasteiger partial charge in [0, 0.05) is 6.20 Å². The minimum Gasteiger partial charge on any atom is -0.497 e. The predicted molar refractivity (Wildman–Crippen MR) is 131 cm³/mol. The quantitative estimate of drug-likeness (QED) is 0.352. The van der Waals surface area contributed by atoms with Gasteiger partial charge in [0.1, 0.15) is 35.0 Å². The van der Waals surface area contributed by atoms with Gasteiger partial charge in [-0.1, -0.05) is 0 Å². The fourth-order valence-electron chi connectivity index (χ4n) is 3.61. The Kier molecular flexibility index (Phi) is 8.42. The van der Waals surface area contributed by atoms with Crippen molar-refractivity contribution in [3.63, 3.8) is 0 Å². The number of anilines is 1. The standard InChI is InChI=1S/C24H26F2N3O7P/c1-31-16-3-7-18(8-4-16)35-37(36-19-9-5-17(32-2)6-10-19)33-15-24(22(25)26)13-11-21(34-24)29-14-12-20(27)28-23(29)30/h3-10,12,14,21-22H,11,13,15H2,1-2H3,(H2,27,28,30). The number of nitrogens with zero attached hydrogens (tertiary/aromatic N) is 2. The normalized spacial score (nSPS) is 19.2. The van der Waals surface area contributed by atoms with Crippen LogP contribution < -0.4 is 29.9 Å². The van der Waals surface area contributed by atoms with E-state index in [4.69, 9.17) is 33.5 Å². The Morgan fingerprint density at radius 1 is 1.03 bits per heavy atom. The molecule has 0 amide bonds. The van der Waals surface area contributed by atoms with Crippen molar-refractivity contribution in [2.24, 2.45) is 0 Å². The summed E-state index contributed by atoms with van der Waals surface area (Å²) in [4.78, 5) is 15.8. The summed E-state index contributed by atoms with van der Waals surface area (Å²) in [6.07, 6.45) is -2.41. The second-order valence-corrected chi connectivity index (χ2v) is 9.12. The summed E-state index contributed by atoms with van der Waals surface area (Å²) >= 11 is 0. The predicted octanol–water partition coefficient (Wildman–Crippen LogP) is 4.56. The number of hydrogen-bond acceptors (Lipinski definition) is 9. The molecule has 2 heterocycles. The number of benzene rings is 2. The topological polar surface area (TPSA) is 116 Å². The highest BCUT2D eigenvalue weighted by atomic mass is 31.2. The van der Waals surface area contributed by atoms with E-state index in [-0.39, 0.29) is 18.7 Å². The molecule has 0 aliphatic carbocycles. The molecule has 0 saturated carbocycles. The van der Waals surface area contributed by atoms with Gasteiger partial charge in [-0.05, 0) is 67.4 Å². The molecule has 10 nitrogen and oxygen atoms in total. The van der Waals surface area contributed by atoms with Crippen molar-refractivity contribution in [3.05, 3.63) is 71.3 Å². The first-order valence-electron chi connectivity index (χ1n) is 11.2. The summed E-state index contributed by atoms with van der Waals surface area (Å²) in [5.41, 5.74) is 2.84. The van der Waals surface area contributed by atoms with Gasteiger partial charge in [-0.15, -0.1) is 0 Å². The summed E-state index contributed by atoms with van der Waals surface area (Å²) in [6, 6.07) is 14.7. The van der Waals surface area contributed by atoms with Crippen molar-refractivity contribution >= 4 is 14.4 Å². The number of alkyl halides is 2. The van der Waals surface area contributed by atoms with Gasteiger partial charge in [0.2, 0.25) is 0 Å². The first-order chi connectivity index (χ1) is 17.8. The summed E-state index contributed by atoms with van der Waals surface area (Å²) < 4.78 is 63.2. The van der Waals surface area contributed by atoms with Crippen LogP contribution in [-0.2, 0) is 9.26 Å². The first kappa shape index (κ1) is 26.6. The second-order valence-electron chi connectivity index (χ2n) is 8.05. The van der Waals surface area contributed by atoms with Crippen LogP contribution in [0, 0.1) is 0 Å². The Hall–Kier alpha value is -3.47. The van der Waals surface area contributed by atoms with Crippen LogP contribution >= 0.6 is 8.60 Å². The number of nitrogens with two attached hydrogens (primary N) is 1. The third-order valence-electron chi connectivity index (χ3n) is 5.64. The Labute approximate surface area is 212 Å². The molecule has 0 bridgehead atoms. The molecule has 3 aromatic rings. The average molecular weight is 537 g/mol. The molecule has 1 aliphatic rings. The monoisotopic (exact) mass is 537 g/mol. The van der Waals surface area contributed by atoms with E-state index in [9.17, 15) is 13.6 Å². The van der Waals surface area contributed by atoms with E-state index in [1.165, 1.54) is 26.5 Å². The van der Waals surface area contributed by atoms with Gasteiger partial charge in [-0.3, -0.25) is 9.09 Å². The molecule has 0 radical (unpaired) electrons. The minimum atomic E-state index is -2.91. The van der Waals surface area contributed by atoms with Crippen molar-refractivity contribution in [1.29, 1.82) is 0 Å². The summed E-state index contributed by atoms with van der Waals surface area (Å²) in [5.74, 6) is 2.03. The lowest BCUT2D eigenvalue weighted by Crippen LogP contribution is -2.42. The maximum absolute atomic E-state index is 14.3. The van der Waals surface area contributed by atoms with E-state index in [0.29, 0.717) is 23.0 Å². The molecule has 2 unspecified atom stereocenters. The van der Waals surface area contributed by atoms with Crippen LogP contribution in [0.1, 0.15) is 19.1 Å². The van der Waals surface area contributed by atoms with E-state index in [2.05, 4.69) is 4.98 Å². The van der Waals surface area contributed by atoms with Crippen molar-refractivity contribution in [2.75, 3.05) is 26.6 Å². The van der Waals surface area contributed by atoms with Crippen LogP contribution in [-0.4, -0.2) is 42.4 Å². The van der Waals surface area contributed by atoms with Crippen LogP contribution in [0.5, 0.6) is 23.0 Å². The van der Waals surface area contributed by atoms with E-state index in [0.717, 1.165) is 4.57 Å². The van der Waals surface area contributed by atoms with Crippen molar-refractivity contribution < 1.29 is 36.6 Å². The summed E-state index contributed by atoms with van der Waals surface area (Å²) in [7, 11) is 0.882. The number of halogens is 2. The Morgan fingerprint density at radius 3 is 2.05 bits per heavy atom. The van der Waals surface area contributed by atoms with Gasteiger partial charge < -0.3 is 29.0 Å². The summed E-state index contributed by atoms with van der Waals surface area (Å²) in [6.45, 7) is -0.545. The molecule has 37 heavy (non-hydrogen) atoms. The number of rotatable bonds is 11. The molecule has 198 valence electrons. The van der Waals surface area contributed by atoms with Gasteiger partial charge in [0.15, 0.2) is 5.60 Å². The lowest BCUT2D eigenvalue weighted by atomic mass is 10.0. The lowest BCUT2D eigenvalue weighted by Gasteiger charge is -2.29. The zero-order chi connectivity index (χ0) is 26.4. The molecule has 0 spiro atoms. The van der Waals surface area contributed by atoms with Gasteiger partial charge in [-0.2, -0.15) is 4.98 Å². The fourth-order valence-corrected chi connectivity index (χ4v) is 4.66. The largest absolute Gasteiger partial charge is 0.497 e. The molecule has 13 heteroatoms. The van der Waals surface area contributed by atoms with Crippen LogP contribution in [0.15, 0.2) is 65.6 Å². The smallest absolute Gasteiger partial charge is 0.463 e. The molecule has 1 aromatic heterocycles. The third kappa shape index (κ3) is 6.46. The zero-order valence-electron chi connectivity index (χ0n) is 20.1. The Morgan fingerprint density at radius 2 is 1.57 bits per heavy atom. The van der Waals surface area contributed by atoms with E-state index < -0.39 is 39.2 Å². The molecule has 1 saturated heterocycles. The molecular weight excluding hydrogens is 511 g/mol. The van der Waals surface area contributed by atoms with Crippen LogP contribution in [0.2, 0.25) is 0 Å². The number of ether oxygens (including phenoxy) is 3. The molecule has 2 atom stereocenters. The Balaban J connectivity index is 1.51. The third-order valence-corrected chi connectivity index (χ3v) is 6.70. The van der Waals surface area contributed by atoms with Crippen LogP contribution in [0.3, 0.4) is 0 Å². The van der Waals surface area contributed by atoms with Gasteiger partial charge in [0.25, 0.3) is 6.43 Å². The number of methoxy groups -OCH3 is 2. The highest BCUT2D eigenvalue weighted by Gasteiger charge is 2.50. The van der Waals surface area contributed by atoms with Crippen molar-refractivity contribution in [3.8, 4) is 23.0 Å². The highest BCUT2D eigenvalue weighted by Crippen LogP contribution is 2.46. The molecular formula is C24H26F2N3O7P. The maximum Gasteiger partial charge on any atom is 0.463 e. The van der Waals surface area contributed by atoms with E-state index >= 15 is 0 Å². The van der Waals surface area contributed by atoms with Gasteiger partial charge in [0.05, 0.1) is 20.8 Å². The maximum atomic E-state index is 14.3. The molecule has 1 aliphatic heterocycles. The van der Waals surface area contributed by atoms with Crippen molar-refractivity contribution in [2.45, 2.75) is 31.1 Å². The van der Waals surface area contributed by atoms with Gasteiger partial charge in [-0.25, -0.2) is 13.6 Å². The number of aromatic nitrogens is 2. The fraction of sp³-hybridized carbons (Fsp3) is 0.333. The number of nitrogen functional groups attached to an aromatic ring is 1. The minimum absolute atomic E-state index is 0.0275. The van der Waals surface area contributed by atoms with Crippen LogP contribution in [0.25, 0.3) is 0 Å². The zero-order valence-corrected chi connectivity index (χ0v) is 21.0. The molecule has 1 fully saturated rings. The highest BCUT2D eigenvalue weighted by molar-refractivity contribution is 7.42. The molecule has 2 aromatic carbocycles. The summed E-state index contributed by atoms with van der Waals surface area (Å²) in [5, 5.41) is 0. The number of hydrogen-bond donors (Lipinski definition) is 1. The van der Waals surface area contributed by atoms with Gasteiger partial charge >= 0.3 is 14.3 Å². The average Bonchev–Trinajstić information content (AvgIpc) is 3.34. The Bertz CT molecular complexity index is 1180.